The van der Waals surface area contributed by atoms with Gasteiger partial charge in [-0.2, -0.15) is 5.10 Å². The summed E-state index contributed by atoms with van der Waals surface area (Å²) in [4.78, 5) is 14.1. The molecule has 6 heteroatoms. The van der Waals surface area contributed by atoms with Gasteiger partial charge in [-0.25, -0.2) is 9.48 Å². The van der Waals surface area contributed by atoms with Crippen LogP contribution in [-0.4, -0.2) is 38.0 Å². The monoisotopic (exact) mass is 329 g/mol. The molecule has 0 spiro atoms. The van der Waals surface area contributed by atoms with Crippen LogP contribution in [0.4, 0.5) is 4.79 Å². The van der Waals surface area contributed by atoms with E-state index in [9.17, 15) is 9.90 Å². The Bertz CT molecular complexity index is 747. The molecule has 0 unspecified atom stereocenters. The van der Waals surface area contributed by atoms with Crippen molar-refractivity contribution < 1.29 is 14.6 Å². The molecule has 2 aromatic rings. The van der Waals surface area contributed by atoms with E-state index < -0.39 is 5.60 Å². The van der Waals surface area contributed by atoms with E-state index in [1.54, 1.807) is 4.90 Å². The van der Waals surface area contributed by atoms with Crippen LogP contribution in [0.3, 0.4) is 0 Å². The molecule has 1 atom stereocenters. The number of carbonyl (C=O) groups is 1. The Labute approximate surface area is 141 Å². The van der Waals surface area contributed by atoms with E-state index in [1.807, 2.05) is 58.0 Å². The number of aromatic hydroxyl groups is 1. The molecule has 2 heterocycles. The fraction of sp³-hybridized carbons (Fsp3) is 0.444. The zero-order valence-corrected chi connectivity index (χ0v) is 14.5. The predicted molar refractivity (Wildman–Crippen MR) is 90.3 cm³/mol. The van der Waals surface area contributed by atoms with Gasteiger partial charge in [0, 0.05) is 12.1 Å². The van der Waals surface area contributed by atoms with Gasteiger partial charge in [0.15, 0.2) is 0 Å². The summed E-state index contributed by atoms with van der Waals surface area (Å²) in [5.41, 5.74) is 1.77. The number of fused-ring (bicyclic) bond motifs is 1. The smallest absolute Gasteiger partial charge is 0.410 e. The predicted octanol–water partition coefficient (Wildman–Crippen LogP) is 3.43. The highest BCUT2D eigenvalue weighted by molar-refractivity contribution is 5.69. The van der Waals surface area contributed by atoms with E-state index in [-0.39, 0.29) is 18.0 Å². The zero-order chi connectivity index (χ0) is 17.5. The van der Waals surface area contributed by atoms with Gasteiger partial charge in [0.2, 0.25) is 5.88 Å². The van der Waals surface area contributed by atoms with E-state index in [2.05, 4.69) is 5.10 Å². The largest absolute Gasteiger partial charge is 0.493 e. The third kappa shape index (κ3) is 2.96. The van der Waals surface area contributed by atoms with Gasteiger partial charge in [-0.3, -0.25) is 4.90 Å². The van der Waals surface area contributed by atoms with Crippen LogP contribution in [0.1, 0.15) is 45.0 Å². The lowest BCUT2D eigenvalue weighted by atomic mass is 10.0. The molecule has 1 aromatic carbocycles. The first-order chi connectivity index (χ1) is 11.3. The summed E-state index contributed by atoms with van der Waals surface area (Å²) in [6.45, 7) is 7.95. The average Bonchev–Trinajstić information content (AvgIpc) is 2.85. The van der Waals surface area contributed by atoms with Gasteiger partial charge in [-0.1, -0.05) is 18.2 Å². The van der Waals surface area contributed by atoms with Gasteiger partial charge in [-0.05, 0) is 46.2 Å². The number of hydrogen-bond donors (Lipinski definition) is 1. The minimum absolute atomic E-state index is 0.145. The summed E-state index contributed by atoms with van der Waals surface area (Å²) >= 11 is 0. The number of benzene rings is 1. The molecule has 0 aliphatic carbocycles. The molecule has 0 saturated carbocycles. The molecule has 0 bridgehead atoms. The Hall–Kier alpha value is -2.50. The molecule has 1 aliphatic heterocycles. The number of para-hydroxylation sites is 1. The number of carbonyl (C=O) groups excluding carboxylic acids is 1. The number of amides is 1. The van der Waals surface area contributed by atoms with Crippen LogP contribution in [0, 0.1) is 0 Å². The van der Waals surface area contributed by atoms with Crippen molar-refractivity contribution in [3.8, 4) is 11.6 Å². The highest BCUT2D eigenvalue weighted by Crippen LogP contribution is 2.36. The topological polar surface area (TPSA) is 67.6 Å². The van der Waals surface area contributed by atoms with E-state index in [0.29, 0.717) is 18.7 Å². The minimum Gasteiger partial charge on any atom is -0.493 e. The van der Waals surface area contributed by atoms with Crippen molar-refractivity contribution in [2.75, 3.05) is 6.54 Å². The third-order valence-electron chi connectivity index (χ3n) is 4.08. The molecule has 1 aliphatic rings. The second-order valence-electron chi connectivity index (χ2n) is 7.03. The zero-order valence-electron chi connectivity index (χ0n) is 14.5. The van der Waals surface area contributed by atoms with Gasteiger partial charge in [-0.15, -0.1) is 0 Å². The molecule has 0 saturated heterocycles. The molecule has 1 N–H and O–H groups in total. The van der Waals surface area contributed by atoms with E-state index in [1.165, 1.54) is 4.68 Å². The standard InChI is InChI=1S/C18H23N3O3/c1-12-15-14(10-11-20(12)17(23)24-18(2,3)4)16(22)21(19-15)13-8-6-5-7-9-13/h5-9,12,22H,10-11H2,1-4H3/t12-/m1/s1. The van der Waals surface area contributed by atoms with Gasteiger partial charge >= 0.3 is 6.09 Å². The number of aromatic nitrogens is 2. The summed E-state index contributed by atoms with van der Waals surface area (Å²) < 4.78 is 7.00. The first-order valence-electron chi connectivity index (χ1n) is 8.14. The second-order valence-corrected chi connectivity index (χ2v) is 7.03. The number of nitrogens with zero attached hydrogens (tertiary/aromatic N) is 3. The average molecular weight is 329 g/mol. The van der Waals surface area contributed by atoms with Crippen molar-refractivity contribution in [2.45, 2.75) is 45.8 Å². The second kappa shape index (κ2) is 5.85. The van der Waals surface area contributed by atoms with Crippen molar-refractivity contribution in [1.82, 2.24) is 14.7 Å². The van der Waals surface area contributed by atoms with Gasteiger partial charge in [0.05, 0.1) is 17.4 Å². The van der Waals surface area contributed by atoms with E-state index in [4.69, 9.17) is 4.74 Å². The maximum atomic E-state index is 12.4. The van der Waals surface area contributed by atoms with Crippen LogP contribution < -0.4 is 0 Å². The summed E-state index contributed by atoms with van der Waals surface area (Å²) in [7, 11) is 0. The van der Waals surface area contributed by atoms with E-state index >= 15 is 0 Å². The molecule has 6 nitrogen and oxygen atoms in total. The van der Waals surface area contributed by atoms with Crippen molar-refractivity contribution >= 4 is 6.09 Å². The first kappa shape index (κ1) is 16.4. The molecule has 0 fully saturated rings. The van der Waals surface area contributed by atoms with Gasteiger partial charge < -0.3 is 9.84 Å². The lowest BCUT2D eigenvalue weighted by Gasteiger charge is -2.34. The molecule has 24 heavy (non-hydrogen) atoms. The number of ether oxygens (including phenoxy) is 1. The Morgan fingerprint density at radius 2 is 1.96 bits per heavy atom. The Morgan fingerprint density at radius 3 is 2.58 bits per heavy atom. The molecular weight excluding hydrogens is 306 g/mol. The molecule has 0 radical (unpaired) electrons. The van der Waals surface area contributed by atoms with Crippen LogP contribution >= 0.6 is 0 Å². The number of rotatable bonds is 1. The summed E-state index contributed by atoms with van der Waals surface area (Å²) in [5.74, 6) is 0.145. The SMILES string of the molecule is C[C@@H]1c2nn(-c3ccccc3)c(O)c2CCN1C(=O)OC(C)(C)C. The molecule has 1 aromatic heterocycles. The Morgan fingerprint density at radius 1 is 1.29 bits per heavy atom. The molecule has 1 amide bonds. The van der Waals surface area contributed by atoms with Crippen molar-refractivity contribution in [3.63, 3.8) is 0 Å². The first-order valence-corrected chi connectivity index (χ1v) is 8.14. The van der Waals surface area contributed by atoms with Gasteiger partial charge in [0.1, 0.15) is 5.60 Å². The maximum absolute atomic E-state index is 12.4. The molecule has 3 rings (SSSR count). The fourth-order valence-electron chi connectivity index (χ4n) is 2.93. The third-order valence-corrected chi connectivity index (χ3v) is 4.08. The van der Waals surface area contributed by atoms with Crippen LogP contribution in [0.2, 0.25) is 0 Å². The summed E-state index contributed by atoms with van der Waals surface area (Å²) in [5, 5.41) is 15.1. The minimum atomic E-state index is -0.539. The molecule has 128 valence electrons. The lowest BCUT2D eigenvalue weighted by Crippen LogP contribution is -2.42. The van der Waals surface area contributed by atoms with Gasteiger partial charge in [0.25, 0.3) is 0 Å². The van der Waals surface area contributed by atoms with Crippen LogP contribution in [0.5, 0.6) is 5.88 Å². The van der Waals surface area contributed by atoms with Crippen molar-refractivity contribution in [2.24, 2.45) is 0 Å². The maximum Gasteiger partial charge on any atom is 0.410 e. The Balaban J connectivity index is 1.91. The Kier molecular flexibility index (Phi) is 3.99. The lowest BCUT2D eigenvalue weighted by molar-refractivity contribution is 0.0155. The van der Waals surface area contributed by atoms with Crippen LogP contribution in [0.15, 0.2) is 30.3 Å². The summed E-state index contributed by atoms with van der Waals surface area (Å²) in [6, 6.07) is 9.22. The highest BCUT2D eigenvalue weighted by atomic mass is 16.6. The summed E-state index contributed by atoms with van der Waals surface area (Å²) in [6.07, 6.45) is 0.201. The van der Waals surface area contributed by atoms with E-state index in [0.717, 1.165) is 11.3 Å². The highest BCUT2D eigenvalue weighted by Gasteiger charge is 2.35. The fourth-order valence-corrected chi connectivity index (χ4v) is 2.93. The molecular formula is C18H23N3O3. The van der Waals surface area contributed by atoms with Crippen molar-refractivity contribution in [3.05, 3.63) is 41.6 Å². The number of hydrogen-bond acceptors (Lipinski definition) is 4. The van der Waals surface area contributed by atoms with Crippen LogP contribution in [-0.2, 0) is 11.2 Å². The quantitative estimate of drug-likeness (QED) is 0.870. The normalized spacial score (nSPS) is 17.5. The van der Waals surface area contributed by atoms with Crippen molar-refractivity contribution in [1.29, 1.82) is 0 Å². The van der Waals surface area contributed by atoms with Crippen LogP contribution in [0.25, 0.3) is 5.69 Å².